The first-order chi connectivity index (χ1) is 16.9. The molecule has 4 N–H and O–H groups in total. The van der Waals surface area contributed by atoms with Gasteiger partial charge in [0, 0.05) is 54.1 Å². The van der Waals surface area contributed by atoms with Crippen LogP contribution in [0.5, 0.6) is 0 Å². The summed E-state index contributed by atoms with van der Waals surface area (Å²) < 4.78 is 0. The molecule has 3 heterocycles. The molecule has 35 heavy (non-hydrogen) atoms. The minimum Gasteiger partial charge on any atom is -0.384 e. The molecule has 8 nitrogen and oxygen atoms in total. The maximum absolute atomic E-state index is 13.1. The molecule has 2 bridgehead atoms. The van der Waals surface area contributed by atoms with Crippen molar-refractivity contribution in [1.82, 2.24) is 10.3 Å². The zero-order chi connectivity index (χ0) is 24.5. The highest BCUT2D eigenvalue weighted by molar-refractivity contribution is 6.02. The number of hydrogen-bond acceptors (Lipinski definition) is 6. The monoisotopic (exact) mass is 475 g/mol. The number of carbonyl (C=O) groups excluding carboxylic acids is 3. The summed E-state index contributed by atoms with van der Waals surface area (Å²) >= 11 is 0. The molecule has 1 saturated carbocycles. The van der Waals surface area contributed by atoms with Gasteiger partial charge in [0.25, 0.3) is 11.8 Å². The van der Waals surface area contributed by atoms with E-state index in [4.69, 9.17) is 5.73 Å². The number of aromatic nitrogens is 1. The van der Waals surface area contributed by atoms with Gasteiger partial charge in [-0.3, -0.25) is 14.4 Å². The number of rotatable bonds is 9. The number of anilines is 2. The zero-order valence-electron chi connectivity index (χ0n) is 20.1. The van der Waals surface area contributed by atoms with Gasteiger partial charge in [-0.05, 0) is 74.8 Å². The molecule has 2 saturated heterocycles. The Morgan fingerprint density at radius 3 is 2.34 bits per heavy atom. The van der Waals surface area contributed by atoms with Crippen LogP contribution in [0, 0.1) is 5.92 Å². The highest BCUT2D eigenvalue weighted by Crippen LogP contribution is 2.38. The van der Waals surface area contributed by atoms with Gasteiger partial charge in [-0.2, -0.15) is 0 Å². The highest BCUT2D eigenvalue weighted by atomic mass is 16.2. The number of nitrogens with two attached hydrogens (primary N) is 1. The van der Waals surface area contributed by atoms with E-state index in [1.807, 2.05) is 19.1 Å². The number of nitrogens with zero attached hydrogens (tertiary/aromatic N) is 2. The lowest BCUT2D eigenvalue weighted by Crippen LogP contribution is -2.50. The van der Waals surface area contributed by atoms with Crippen LogP contribution in [0.1, 0.15) is 82.9 Å². The summed E-state index contributed by atoms with van der Waals surface area (Å²) in [6, 6.07) is 9.57. The molecule has 3 aliphatic rings. The standard InChI is InChI=1S/C27H33N5O3/c1-2-24(33)18-6-10-25(30-15-18)32-20-7-8-21(32)13-19(12-20)31-27(35)17-5-9-22(26(28)34)23(11-17)29-14-16-3-4-16/h5-6,9-11,15-16,19-21,29H,2-4,7-8,12-14H2,1H3,(H2,28,34)(H,31,35)/t19-,20+,21-. The fourth-order valence-electron chi connectivity index (χ4n) is 5.47. The molecule has 0 unspecified atom stereocenters. The van der Waals surface area contributed by atoms with Gasteiger partial charge in [-0.15, -0.1) is 0 Å². The molecule has 8 heteroatoms. The molecular formula is C27H33N5O3. The van der Waals surface area contributed by atoms with Crippen molar-refractivity contribution < 1.29 is 14.4 Å². The molecular weight excluding hydrogens is 442 g/mol. The summed E-state index contributed by atoms with van der Waals surface area (Å²) in [5.41, 5.74) is 7.75. The van der Waals surface area contributed by atoms with Crippen molar-refractivity contribution in [3.05, 3.63) is 53.2 Å². The van der Waals surface area contributed by atoms with Crippen LogP contribution in [-0.2, 0) is 0 Å². The Bertz CT molecular complexity index is 1110. The normalized spacial score (nSPS) is 23.1. The van der Waals surface area contributed by atoms with Crippen LogP contribution in [0.2, 0.25) is 0 Å². The zero-order valence-corrected chi connectivity index (χ0v) is 20.1. The van der Waals surface area contributed by atoms with Crippen LogP contribution in [0.4, 0.5) is 11.5 Å². The Kier molecular flexibility index (Phi) is 6.45. The maximum Gasteiger partial charge on any atom is 0.251 e. The second-order valence-corrected chi connectivity index (χ2v) is 10.1. The number of carbonyl (C=O) groups is 3. The molecule has 2 aliphatic heterocycles. The summed E-state index contributed by atoms with van der Waals surface area (Å²) in [5.74, 6) is 1.01. The highest BCUT2D eigenvalue weighted by Gasteiger charge is 2.41. The lowest BCUT2D eigenvalue weighted by atomic mass is 9.96. The van der Waals surface area contributed by atoms with E-state index in [1.165, 1.54) is 12.8 Å². The Balaban J connectivity index is 1.24. The second-order valence-electron chi connectivity index (χ2n) is 10.1. The molecule has 2 aromatic rings. The number of nitrogens with one attached hydrogen (secondary N) is 2. The van der Waals surface area contributed by atoms with Gasteiger partial charge >= 0.3 is 0 Å². The van der Waals surface area contributed by atoms with E-state index in [-0.39, 0.29) is 17.7 Å². The van der Waals surface area contributed by atoms with E-state index in [9.17, 15) is 14.4 Å². The first-order valence-electron chi connectivity index (χ1n) is 12.7. The predicted molar refractivity (Wildman–Crippen MR) is 135 cm³/mol. The average Bonchev–Trinajstić information content (AvgIpc) is 3.65. The number of ketones is 1. The van der Waals surface area contributed by atoms with Gasteiger partial charge in [-0.25, -0.2) is 4.98 Å². The van der Waals surface area contributed by atoms with Crippen molar-refractivity contribution in [2.75, 3.05) is 16.8 Å². The largest absolute Gasteiger partial charge is 0.384 e. The molecule has 0 radical (unpaired) electrons. The summed E-state index contributed by atoms with van der Waals surface area (Å²) in [5, 5.41) is 6.52. The molecule has 1 aromatic heterocycles. The van der Waals surface area contributed by atoms with Crippen LogP contribution in [0.15, 0.2) is 36.5 Å². The lowest BCUT2D eigenvalue weighted by molar-refractivity contribution is 0.0924. The molecule has 184 valence electrons. The Hall–Kier alpha value is -3.42. The number of piperidine rings is 1. The van der Waals surface area contributed by atoms with Crippen LogP contribution >= 0.6 is 0 Å². The fraction of sp³-hybridized carbons (Fsp3) is 0.481. The van der Waals surface area contributed by atoms with Gasteiger partial charge in [0.1, 0.15) is 5.82 Å². The Labute approximate surface area is 205 Å². The van der Waals surface area contributed by atoms with E-state index in [0.717, 1.165) is 38.0 Å². The minimum absolute atomic E-state index is 0.0795. The molecule has 5 rings (SSSR count). The van der Waals surface area contributed by atoms with Crippen molar-refractivity contribution in [2.24, 2.45) is 11.7 Å². The Morgan fingerprint density at radius 1 is 1.03 bits per heavy atom. The van der Waals surface area contributed by atoms with E-state index in [2.05, 4.69) is 20.5 Å². The summed E-state index contributed by atoms with van der Waals surface area (Å²) in [4.78, 5) is 43.8. The topological polar surface area (TPSA) is 117 Å². The minimum atomic E-state index is -0.500. The first-order valence-corrected chi connectivity index (χ1v) is 12.7. The number of pyridine rings is 1. The van der Waals surface area contributed by atoms with Gasteiger partial charge in [0.05, 0.1) is 5.56 Å². The number of benzene rings is 1. The lowest BCUT2D eigenvalue weighted by Gasteiger charge is -2.40. The number of fused-ring (bicyclic) bond motifs is 2. The molecule has 2 amide bonds. The third kappa shape index (κ3) is 5.01. The summed E-state index contributed by atoms with van der Waals surface area (Å²) in [6.45, 7) is 2.64. The Morgan fingerprint density at radius 2 is 1.74 bits per heavy atom. The third-order valence-electron chi connectivity index (χ3n) is 7.55. The van der Waals surface area contributed by atoms with Crippen molar-refractivity contribution >= 4 is 29.1 Å². The SMILES string of the molecule is CCC(=O)c1ccc(N2[C@@H]3CC[C@H]2C[C@@H](NC(=O)c2ccc(C(N)=O)c(NCC4CC4)c2)C3)nc1. The first kappa shape index (κ1) is 23.3. The van der Waals surface area contributed by atoms with Crippen LogP contribution in [-0.4, -0.2) is 47.3 Å². The second kappa shape index (κ2) is 9.68. The average molecular weight is 476 g/mol. The van der Waals surface area contributed by atoms with E-state index < -0.39 is 5.91 Å². The van der Waals surface area contributed by atoms with Gasteiger partial charge in [0.2, 0.25) is 0 Å². The number of Topliss-reactive ketones (excluding diaryl/α,β-unsaturated/α-hetero) is 1. The van der Waals surface area contributed by atoms with Crippen molar-refractivity contribution in [3.8, 4) is 0 Å². The van der Waals surface area contributed by atoms with Crippen LogP contribution < -0.4 is 21.3 Å². The van der Waals surface area contributed by atoms with Crippen LogP contribution in [0.3, 0.4) is 0 Å². The molecule has 0 spiro atoms. The molecule has 1 aliphatic carbocycles. The van der Waals surface area contributed by atoms with Gasteiger partial charge < -0.3 is 21.3 Å². The van der Waals surface area contributed by atoms with E-state index in [0.29, 0.717) is 46.8 Å². The smallest absolute Gasteiger partial charge is 0.251 e. The predicted octanol–water partition coefficient (Wildman–Crippen LogP) is 3.52. The fourth-order valence-corrected chi connectivity index (χ4v) is 5.47. The van der Waals surface area contributed by atoms with E-state index >= 15 is 0 Å². The van der Waals surface area contributed by atoms with Gasteiger partial charge in [-0.1, -0.05) is 6.92 Å². The summed E-state index contributed by atoms with van der Waals surface area (Å²) in [7, 11) is 0. The molecule has 3 atom stereocenters. The molecule has 1 aromatic carbocycles. The van der Waals surface area contributed by atoms with E-state index in [1.54, 1.807) is 24.4 Å². The quantitative estimate of drug-likeness (QED) is 0.478. The van der Waals surface area contributed by atoms with Gasteiger partial charge in [0.15, 0.2) is 5.78 Å². The number of amides is 2. The molecule has 3 fully saturated rings. The number of hydrogen-bond donors (Lipinski definition) is 3. The van der Waals surface area contributed by atoms with Crippen molar-refractivity contribution in [2.45, 2.75) is 70.0 Å². The summed E-state index contributed by atoms with van der Waals surface area (Å²) in [6.07, 6.45) is 8.37. The van der Waals surface area contributed by atoms with Crippen LogP contribution in [0.25, 0.3) is 0 Å². The maximum atomic E-state index is 13.1. The van der Waals surface area contributed by atoms with Crippen molar-refractivity contribution in [1.29, 1.82) is 0 Å². The van der Waals surface area contributed by atoms with Crippen molar-refractivity contribution in [3.63, 3.8) is 0 Å². The third-order valence-corrected chi connectivity index (χ3v) is 7.55. The number of primary amides is 1.